The fourth-order valence-electron chi connectivity index (χ4n) is 2.49. The molecule has 1 heterocycles. The Kier molecular flexibility index (Phi) is 6.05. The Morgan fingerprint density at radius 2 is 2.05 bits per heavy atom. The number of carbonyl (C=O) groups excluding carboxylic acids is 2. The Balaban J connectivity index is 1.56. The van der Waals surface area contributed by atoms with Crippen molar-refractivity contribution in [3.05, 3.63) is 22.4 Å². The summed E-state index contributed by atoms with van der Waals surface area (Å²) in [6.07, 6.45) is 7.14. The third kappa shape index (κ3) is 4.96. The molecule has 2 rings (SSSR count). The summed E-state index contributed by atoms with van der Waals surface area (Å²) in [4.78, 5) is 24.1. The predicted octanol–water partition coefficient (Wildman–Crippen LogP) is 2.71. The summed E-state index contributed by atoms with van der Waals surface area (Å²) in [6.45, 7) is 0.550. The van der Waals surface area contributed by atoms with Gasteiger partial charge in [0.05, 0.1) is 4.88 Å². The van der Waals surface area contributed by atoms with Crippen molar-refractivity contribution in [3.8, 4) is 0 Å². The van der Waals surface area contributed by atoms with Crippen LogP contribution in [0.15, 0.2) is 17.5 Å². The second kappa shape index (κ2) is 8.04. The van der Waals surface area contributed by atoms with Gasteiger partial charge in [-0.3, -0.25) is 9.59 Å². The van der Waals surface area contributed by atoms with Crippen LogP contribution in [0.2, 0.25) is 0 Å². The first-order chi connectivity index (χ1) is 9.75. The van der Waals surface area contributed by atoms with Crippen molar-refractivity contribution in [2.75, 3.05) is 6.54 Å². The van der Waals surface area contributed by atoms with E-state index < -0.39 is 0 Å². The maximum absolute atomic E-state index is 11.8. The number of hydrogen-bond acceptors (Lipinski definition) is 3. The van der Waals surface area contributed by atoms with Crippen LogP contribution in [0.1, 0.15) is 54.6 Å². The summed E-state index contributed by atoms with van der Waals surface area (Å²) in [7, 11) is 0. The number of amides is 2. The van der Waals surface area contributed by atoms with Crippen LogP contribution in [0.25, 0.3) is 0 Å². The number of hydrogen-bond donors (Lipinski definition) is 2. The lowest BCUT2D eigenvalue weighted by Crippen LogP contribution is -2.36. The van der Waals surface area contributed by atoms with Crippen LogP contribution in [0.3, 0.4) is 0 Å². The van der Waals surface area contributed by atoms with E-state index in [0.717, 1.165) is 17.7 Å². The maximum atomic E-state index is 11.8. The molecule has 1 aliphatic carbocycles. The van der Waals surface area contributed by atoms with Crippen LogP contribution in [0.4, 0.5) is 0 Å². The highest BCUT2D eigenvalue weighted by molar-refractivity contribution is 7.12. The van der Waals surface area contributed by atoms with E-state index >= 15 is 0 Å². The zero-order valence-corrected chi connectivity index (χ0v) is 12.5. The van der Waals surface area contributed by atoms with Crippen molar-refractivity contribution in [1.29, 1.82) is 0 Å². The van der Waals surface area contributed by atoms with Crippen molar-refractivity contribution >= 4 is 23.2 Å². The lowest BCUT2D eigenvalue weighted by molar-refractivity contribution is -0.122. The van der Waals surface area contributed by atoms with Crippen LogP contribution in [0, 0.1) is 0 Å². The average molecular weight is 294 g/mol. The molecule has 20 heavy (non-hydrogen) atoms. The largest absolute Gasteiger partial charge is 0.353 e. The summed E-state index contributed by atoms with van der Waals surface area (Å²) >= 11 is 1.43. The zero-order valence-electron chi connectivity index (χ0n) is 11.7. The van der Waals surface area contributed by atoms with Crippen LogP contribution in [-0.4, -0.2) is 24.4 Å². The second-order valence-electron chi connectivity index (χ2n) is 5.24. The third-order valence-electron chi connectivity index (χ3n) is 3.58. The number of carbonyl (C=O) groups is 2. The molecule has 1 saturated carbocycles. The van der Waals surface area contributed by atoms with E-state index in [2.05, 4.69) is 10.6 Å². The highest BCUT2D eigenvalue weighted by Gasteiger charge is 2.15. The van der Waals surface area contributed by atoms with E-state index in [1.807, 2.05) is 11.4 Å². The second-order valence-corrected chi connectivity index (χ2v) is 6.19. The normalized spacial score (nSPS) is 15.8. The Morgan fingerprint density at radius 3 is 2.75 bits per heavy atom. The zero-order chi connectivity index (χ0) is 14.2. The number of thiophene rings is 1. The molecule has 0 bridgehead atoms. The van der Waals surface area contributed by atoms with Crippen LogP contribution in [-0.2, 0) is 4.79 Å². The fourth-order valence-corrected chi connectivity index (χ4v) is 3.13. The molecule has 2 N–H and O–H groups in total. The van der Waals surface area contributed by atoms with Crippen molar-refractivity contribution in [2.45, 2.75) is 51.0 Å². The van der Waals surface area contributed by atoms with Gasteiger partial charge in [0.15, 0.2) is 0 Å². The summed E-state index contributed by atoms with van der Waals surface area (Å²) in [6, 6.07) is 4.03. The van der Waals surface area contributed by atoms with E-state index in [1.165, 1.54) is 30.6 Å². The summed E-state index contributed by atoms with van der Waals surface area (Å²) < 4.78 is 0. The molecule has 1 aromatic rings. The number of nitrogens with one attached hydrogen (secondary N) is 2. The molecule has 5 heteroatoms. The van der Waals surface area contributed by atoms with Gasteiger partial charge in [-0.15, -0.1) is 11.3 Å². The predicted molar refractivity (Wildman–Crippen MR) is 80.9 cm³/mol. The van der Waals surface area contributed by atoms with Gasteiger partial charge in [0, 0.05) is 19.0 Å². The molecule has 110 valence electrons. The van der Waals surface area contributed by atoms with Gasteiger partial charge in [-0.05, 0) is 30.7 Å². The van der Waals surface area contributed by atoms with Gasteiger partial charge in [-0.2, -0.15) is 0 Å². The van der Waals surface area contributed by atoms with Gasteiger partial charge in [-0.25, -0.2) is 0 Å². The van der Waals surface area contributed by atoms with Gasteiger partial charge in [-0.1, -0.05) is 25.3 Å². The van der Waals surface area contributed by atoms with Gasteiger partial charge in [0.25, 0.3) is 5.91 Å². The first-order valence-electron chi connectivity index (χ1n) is 7.37. The molecule has 0 spiro atoms. The molecular weight excluding hydrogens is 272 g/mol. The fraction of sp³-hybridized carbons (Fsp3) is 0.600. The van der Waals surface area contributed by atoms with Crippen LogP contribution < -0.4 is 10.6 Å². The monoisotopic (exact) mass is 294 g/mol. The third-order valence-corrected chi connectivity index (χ3v) is 4.45. The molecule has 0 unspecified atom stereocenters. The quantitative estimate of drug-likeness (QED) is 0.793. The van der Waals surface area contributed by atoms with Crippen molar-refractivity contribution in [3.63, 3.8) is 0 Å². The summed E-state index contributed by atoms with van der Waals surface area (Å²) in [5.41, 5.74) is 0. The Hall–Kier alpha value is -1.36. The summed E-state index contributed by atoms with van der Waals surface area (Å²) in [5.74, 6) is 0.0648. The van der Waals surface area contributed by atoms with E-state index in [9.17, 15) is 9.59 Å². The highest BCUT2D eigenvalue weighted by Crippen LogP contribution is 2.17. The molecule has 4 nitrogen and oxygen atoms in total. The van der Waals surface area contributed by atoms with Gasteiger partial charge >= 0.3 is 0 Å². The molecular formula is C15H22N2O2S. The maximum Gasteiger partial charge on any atom is 0.261 e. The molecule has 0 atom stereocenters. The summed E-state index contributed by atoms with van der Waals surface area (Å²) in [5, 5.41) is 7.80. The first-order valence-corrected chi connectivity index (χ1v) is 8.25. The Bertz CT molecular complexity index is 425. The van der Waals surface area contributed by atoms with Crippen molar-refractivity contribution in [1.82, 2.24) is 10.6 Å². The SMILES string of the molecule is O=C(CCCNC(=O)c1cccs1)NC1CCCCC1. The molecule has 0 aromatic carbocycles. The molecule has 2 amide bonds. The van der Waals surface area contributed by atoms with E-state index in [0.29, 0.717) is 25.4 Å². The van der Waals surface area contributed by atoms with Gasteiger partial charge < -0.3 is 10.6 Å². The topological polar surface area (TPSA) is 58.2 Å². The van der Waals surface area contributed by atoms with Crippen molar-refractivity contribution < 1.29 is 9.59 Å². The average Bonchev–Trinajstić information content (AvgIpc) is 2.99. The van der Waals surface area contributed by atoms with Crippen LogP contribution >= 0.6 is 11.3 Å². The van der Waals surface area contributed by atoms with Crippen LogP contribution in [0.5, 0.6) is 0 Å². The minimum absolute atomic E-state index is 0.0484. The van der Waals surface area contributed by atoms with Gasteiger partial charge in [0.1, 0.15) is 0 Å². The molecule has 0 saturated heterocycles. The Morgan fingerprint density at radius 1 is 1.25 bits per heavy atom. The standard InChI is InChI=1S/C15H22N2O2S/c18-14(17-12-6-2-1-3-7-12)9-4-10-16-15(19)13-8-5-11-20-13/h5,8,11-12H,1-4,6-7,9-10H2,(H,16,19)(H,17,18). The first kappa shape index (κ1) is 15.0. The molecule has 1 aromatic heterocycles. The smallest absolute Gasteiger partial charge is 0.261 e. The molecule has 1 fully saturated rings. The highest BCUT2D eigenvalue weighted by atomic mass is 32.1. The minimum atomic E-state index is -0.0484. The Labute approximate surface area is 124 Å². The lowest BCUT2D eigenvalue weighted by atomic mass is 9.95. The lowest BCUT2D eigenvalue weighted by Gasteiger charge is -2.22. The van der Waals surface area contributed by atoms with E-state index in [4.69, 9.17) is 0 Å². The molecule has 1 aliphatic rings. The van der Waals surface area contributed by atoms with E-state index in [-0.39, 0.29) is 11.8 Å². The molecule has 0 radical (unpaired) electrons. The molecule has 0 aliphatic heterocycles. The minimum Gasteiger partial charge on any atom is -0.353 e. The number of rotatable bonds is 6. The van der Waals surface area contributed by atoms with Crippen molar-refractivity contribution in [2.24, 2.45) is 0 Å². The van der Waals surface area contributed by atoms with E-state index in [1.54, 1.807) is 6.07 Å². The van der Waals surface area contributed by atoms with Gasteiger partial charge in [0.2, 0.25) is 5.91 Å².